The molecule has 0 bridgehead atoms. The summed E-state index contributed by atoms with van der Waals surface area (Å²) in [5.74, 6) is 2.55. The highest BCUT2D eigenvalue weighted by molar-refractivity contribution is 5.92. The van der Waals surface area contributed by atoms with Gasteiger partial charge in [-0.25, -0.2) is 4.79 Å². The minimum atomic E-state index is -0.879. The third-order valence-electron chi connectivity index (χ3n) is 12.1. The van der Waals surface area contributed by atoms with Gasteiger partial charge in [0.05, 0.1) is 17.8 Å². The molecule has 0 spiro atoms. The molecule has 5 rings (SSSR count). The van der Waals surface area contributed by atoms with Crippen LogP contribution in [0.5, 0.6) is 0 Å². The summed E-state index contributed by atoms with van der Waals surface area (Å²) in [7, 11) is 0. The van der Waals surface area contributed by atoms with Gasteiger partial charge in [-0.15, -0.1) is 0 Å². The Labute approximate surface area is 223 Å². The van der Waals surface area contributed by atoms with Crippen molar-refractivity contribution in [2.75, 3.05) is 0 Å². The normalized spacial score (nSPS) is 44.2. The van der Waals surface area contributed by atoms with Gasteiger partial charge < -0.3 is 15.3 Å². The standard InChI is InChI=1S/C33H48O4/c1-5-23-28-19-22(34)15-17-33(28,4)27-16-18-32(3)25(13-14-26(32)29(27)30(23)35)20(2)9-8-11-21-10-6-7-12-24(21)31(36)37/h6-8,10-12,20,22-23,25-30,34-35H,5,9,13-19H2,1-4H3,(H,36,37)/b11-8+/t20-,22-,23-,25-,26?,27?,28+,29+,30-,32-,33-/m1/s1. The summed E-state index contributed by atoms with van der Waals surface area (Å²) in [5.41, 5.74) is 1.63. The molecular formula is C33H48O4. The molecule has 0 aliphatic heterocycles. The Hall–Kier alpha value is -1.65. The second-order valence-electron chi connectivity index (χ2n) is 13.6. The van der Waals surface area contributed by atoms with E-state index in [1.807, 2.05) is 18.2 Å². The maximum Gasteiger partial charge on any atom is 0.336 e. The first-order chi connectivity index (χ1) is 17.6. The minimum Gasteiger partial charge on any atom is -0.478 e. The summed E-state index contributed by atoms with van der Waals surface area (Å²) >= 11 is 0. The molecule has 4 nitrogen and oxygen atoms in total. The Kier molecular flexibility index (Phi) is 7.39. The number of hydrogen-bond donors (Lipinski definition) is 3. The molecular weight excluding hydrogens is 460 g/mol. The van der Waals surface area contributed by atoms with Crippen LogP contribution in [0.15, 0.2) is 30.3 Å². The van der Waals surface area contributed by atoms with Crippen LogP contribution in [-0.4, -0.2) is 33.5 Å². The van der Waals surface area contributed by atoms with E-state index in [-0.39, 0.29) is 23.0 Å². The average Bonchev–Trinajstić information content (AvgIpc) is 3.22. The van der Waals surface area contributed by atoms with Gasteiger partial charge in [0, 0.05) is 0 Å². The summed E-state index contributed by atoms with van der Waals surface area (Å²) < 4.78 is 0. The number of aliphatic hydroxyl groups is 2. The summed E-state index contributed by atoms with van der Waals surface area (Å²) in [4.78, 5) is 11.6. The van der Waals surface area contributed by atoms with Crippen LogP contribution in [0.1, 0.15) is 101 Å². The molecule has 0 amide bonds. The number of aliphatic hydroxyl groups excluding tert-OH is 2. The van der Waals surface area contributed by atoms with E-state index in [9.17, 15) is 20.1 Å². The van der Waals surface area contributed by atoms with Gasteiger partial charge in [-0.1, -0.05) is 64.5 Å². The largest absolute Gasteiger partial charge is 0.478 e. The Bertz CT molecular complexity index is 1020. The van der Waals surface area contributed by atoms with E-state index in [4.69, 9.17) is 0 Å². The fraction of sp³-hybridized carbons (Fsp3) is 0.727. The number of aromatic carboxylic acids is 1. The molecule has 4 heteroatoms. The van der Waals surface area contributed by atoms with Crippen LogP contribution in [0, 0.1) is 52.3 Å². The molecule has 1 aromatic rings. The maximum absolute atomic E-state index is 11.9. The van der Waals surface area contributed by atoms with Crippen molar-refractivity contribution < 1.29 is 20.1 Å². The lowest BCUT2D eigenvalue weighted by atomic mass is 9.41. The zero-order valence-electron chi connectivity index (χ0n) is 23.3. The minimum absolute atomic E-state index is 0.197. The smallest absolute Gasteiger partial charge is 0.336 e. The molecule has 0 saturated heterocycles. The summed E-state index contributed by atoms with van der Waals surface area (Å²) in [6, 6.07) is 7.23. The second-order valence-corrected chi connectivity index (χ2v) is 13.6. The van der Waals surface area contributed by atoms with Gasteiger partial charge in [0.25, 0.3) is 0 Å². The van der Waals surface area contributed by atoms with Crippen LogP contribution in [0.3, 0.4) is 0 Å². The Morgan fingerprint density at radius 3 is 2.46 bits per heavy atom. The van der Waals surface area contributed by atoms with E-state index in [2.05, 4.69) is 33.8 Å². The molecule has 4 aliphatic carbocycles. The molecule has 3 N–H and O–H groups in total. The van der Waals surface area contributed by atoms with Crippen molar-refractivity contribution in [1.29, 1.82) is 0 Å². The molecule has 0 aromatic heterocycles. The van der Waals surface area contributed by atoms with Crippen LogP contribution in [0.4, 0.5) is 0 Å². The van der Waals surface area contributed by atoms with Gasteiger partial charge in [0.1, 0.15) is 0 Å². The number of allylic oxidation sites excluding steroid dienone is 1. The van der Waals surface area contributed by atoms with E-state index in [0.29, 0.717) is 47.0 Å². The molecule has 2 unspecified atom stereocenters. The molecule has 0 radical (unpaired) electrons. The molecule has 37 heavy (non-hydrogen) atoms. The van der Waals surface area contributed by atoms with Crippen molar-refractivity contribution >= 4 is 12.0 Å². The van der Waals surface area contributed by atoms with Crippen LogP contribution >= 0.6 is 0 Å². The first-order valence-electron chi connectivity index (χ1n) is 15.0. The lowest BCUT2D eigenvalue weighted by Crippen LogP contribution is -2.62. The highest BCUT2D eigenvalue weighted by atomic mass is 16.4. The van der Waals surface area contributed by atoms with E-state index in [1.54, 1.807) is 12.1 Å². The fourth-order valence-corrected chi connectivity index (χ4v) is 10.3. The highest BCUT2D eigenvalue weighted by Crippen LogP contribution is 2.69. The Morgan fingerprint density at radius 2 is 1.73 bits per heavy atom. The van der Waals surface area contributed by atoms with Gasteiger partial charge in [-0.3, -0.25) is 0 Å². The maximum atomic E-state index is 11.9. The zero-order chi connectivity index (χ0) is 26.5. The van der Waals surface area contributed by atoms with Gasteiger partial charge in [-0.05, 0) is 115 Å². The van der Waals surface area contributed by atoms with Gasteiger partial charge in [0.15, 0.2) is 0 Å². The number of hydrogen-bond acceptors (Lipinski definition) is 3. The van der Waals surface area contributed by atoms with Crippen molar-refractivity contribution in [2.24, 2.45) is 52.3 Å². The predicted molar refractivity (Wildman–Crippen MR) is 148 cm³/mol. The molecule has 4 saturated carbocycles. The number of benzene rings is 1. The first-order valence-corrected chi connectivity index (χ1v) is 15.0. The molecule has 204 valence electrons. The zero-order valence-corrected chi connectivity index (χ0v) is 23.3. The third-order valence-corrected chi connectivity index (χ3v) is 12.1. The van der Waals surface area contributed by atoms with E-state index < -0.39 is 5.97 Å². The van der Waals surface area contributed by atoms with Crippen LogP contribution in [-0.2, 0) is 0 Å². The van der Waals surface area contributed by atoms with Crippen LogP contribution in [0.2, 0.25) is 0 Å². The van der Waals surface area contributed by atoms with E-state index >= 15 is 0 Å². The third kappa shape index (κ3) is 4.40. The van der Waals surface area contributed by atoms with Gasteiger partial charge in [-0.2, -0.15) is 0 Å². The SMILES string of the molecule is CC[C@H]1[C@@H](O)[C@H]2C3CC[C@H]([C@H](C)C/C=C/c4ccccc4C(=O)O)[C@@]3(C)CCC2[C@@]2(C)CC[C@@H](O)C[C@@H]12. The predicted octanol–water partition coefficient (Wildman–Crippen LogP) is 7.05. The van der Waals surface area contributed by atoms with Crippen LogP contribution < -0.4 is 0 Å². The van der Waals surface area contributed by atoms with E-state index in [0.717, 1.165) is 37.7 Å². The first kappa shape index (κ1) is 26.9. The lowest BCUT2D eigenvalue weighted by Gasteiger charge is -2.64. The topological polar surface area (TPSA) is 77.8 Å². The second kappa shape index (κ2) is 10.2. The quantitative estimate of drug-likeness (QED) is 0.385. The molecule has 4 aliphatic rings. The van der Waals surface area contributed by atoms with E-state index in [1.165, 1.54) is 25.7 Å². The summed E-state index contributed by atoms with van der Waals surface area (Å²) in [6.45, 7) is 9.65. The average molecular weight is 509 g/mol. The number of carboxylic acids is 1. The van der Waals surface area contributed by atoms with Crippen molar-refractivity contribution in [3.63, 3.8) is 0 Å². The van der Waals surface area contributed by atoms with Crippen LogP contribution in [0.25, 0.3) is 6.08 Å². The monoisotopic (exact) mass is 508 g/mol. The number of fused-ring (bicyclic) bond motifs is 5. The number of rotatable bonds is 6. The van der Waals surface area contributed by atoms with Crippen molar-refractivity contribution in [1.82, 2.24) is 0 Å². The number of carbonyl (C=O) groups is 1. The molecule has 1 aromatic carbocycles. The highest BCUT2D eigenvalue weighted by Gasteiger charge is 2.64. The van der Waals surface area contributed by atoms with Crippen molar-refractivity contribution in [3.05, 3.63) is 41.5 Å². The van der Waals surface area contributed by atoms with Crippen molar-refractivity contribution in [2.45, 2.75) is 97.7 Å². The van der Waals surface area contributed by atoms with Crippen molar-refractivity contribution in [3.8, 4) is 0 Å². The summed E-state index contributed by atoms with van der Waals surface area (Å²) in [6.07, 6.45) is 13.5. The summed E-state index contributed by atoms with van der Waals surface area (Å²) in [5, 5.41) is 31.9. The Balaban J connectivity index is 1.34. The van der Waals surface area contributed by atoms with Gasteiger partial charge >= 0.3 is 5.97 Å². The number of carboxylic acid groups (broad SMARTS) is 1. The molecule has 4 fully saturated rings. The lowest BCUT2D eigenvalue weighted by molar-refractivity contribution is -0.203. The van der Waals surface area contributed by atoms with Gasteiger partial charge in [0.2, 0.25) is 0 Å². The fourth-order valence-electron chi connectivity index (χ4n) is 10.3. The molecule has 0 heterocycles. The Morgan fingerprint density at radius 1 is 1.03 bits per heavy atom. The molecule has 11 atom stereocenters.